The molecule has 0 saturated heterocycles. The molecule has 244 valence electrons. The molecule has 9 aromatic rings. The van der Waals surface area contributed by atoms with E-state index in [2.05, 4.69) is 193 Å². The Morgan fingerprint density at radius 3 is 1.83 bits per heavy atom. The van der Waals surface area contributed by atoms with Crippen molar-refractivity contribution in [2.24, 2.45) is 0 Å². The molecule has 3 heteroatoms. The molecule has 0 saturated carbocycles. The van der Waals surface area contributed by atoms with Crippen molar-refractivity contribution in [1.82, 2.24) is 9.97 Å². The summed E-state index contributed by atoms with van der Waals surface area (Å²) < 4.78 is 0. The van der Waals surface area contributed by atoms with E-state index in [1.165, 1.54) is 44.2 Å². The molecule has 0 bridgehead atoms. The van der Waals surface area contributed by atoms with Crippen molar-refractivity contribution in [3.63, 3.8) is 0 Å². The van der Waals surface area contributed by atoms with Crippen molar-refractivity contribution in [3.05, 3.63) is 199 Å². The van der Waals surface area contributed by atoms with Gasteiger partial charge >= 0.3 is 0 Å². The number of aromatic nitrogens is 2. The van der Waals surface area contributed by atoms with E-state index in [0.717, 1.165) is 51.2 Å². The maximum atomic E-state index is 5.32. The number of hydrogen-bond acceptors (Lipinski definition) is 3. The van der Waals surface area contributed by atoms with Gasteiger partial charge in [-0.15, -0.1) is 0 Å². The van der Waals surface area contributed by atoms with Gasteiger partial charge in [0.05, 0.1) is 11.2 Å². The highest BCUT2D eigenvalue weighted by atomic mass is 15.1. The van der Waals surface area contributed by atoms with Gasteiger partial charge in [0.15, 0.2) is 5.82 Å². The lowest BCUT2D eigenvalue weighted by Crippen LogP contribution is -2.10. The standard InChI is InChI=1S/C49H33N3/c1-3-12-33(13-4-1)34-22-25-42(26-23-34)52(41-17-5-2-6-18-41)43-19-11-16-38(31-43)49-50-47-21-10-9-20-45(47)48(51-49)37-24-27-44-39(29-37)30-40-28-35-14-7-8-15-36(35)32-46(40)44/h1-29,31-32H,30H2. The zero-order valence-corrected chi connectivity index (χ0v) is 28.4. The van der Waals surface area contributed by atoms with Crippen molar-refractivity contribution >= 4 is 38.7 Å². The zero-order valence-electron chi connectivity index (χ0n) is 28.4. The third-order valence-corrected chi connectivity index (χ3v) is 10.2. The van der Waals surface area contributed by atoms with Crippen LogP contribution in [0.25, 0.3) is 66.6 Å². The Labute approximate surface area is 303 Å². The molecule has 10 rings (SSSR count). The van der Waals surface area contributed by atoms with Crippen molar-refractivity contribution < 1.29 is 0 Å². The van der Waals surface area contributed by atoms with Crippen molar-refractivity contribution in [2.45, 2.75) is 6.42 Å². The Hall–Kier alpha value is -6.84. The van der Waals surface area contributed by atoms with Crippen LogP contribution in [0.5, 0.6) is 0 Å². The first-order valence-electron chi connectivity index (χ1n) is 17.8. The van der Waals surface area contributed by atoms with Gasteiger partial charge in [0, 0.05) is 33.6 Å². The van der Waals surface area contributed by atoms with E-state index in [4.69, 9.17) is 9.97 Å². The van der Waals surface area contributed by atoms with Crippen LogP contribution in [-0.2, 0) is 6.42 Å². The molecule has 0 radical (unpaired) electrons. The number of para-hydroxylation sites is 2. The van der Waals surface area contributed by atoms with E-state index in [1.807, 2.05) is 0 Å². The summed E-state index contributed by atoms with van der Waals surface area (Å²) in [7, 11) is 0. The second-order valence-corrected chi connectivity index (χ2v) is 13.5. The number of rotatable bonds is 6. The summed E-state index contributed by atoms with van der Waals surface area (Å²) in [5, 5.41) is 3.62. The van der Waals surface area contributed by atoms with Gasteiger partial charge in [0.2, 0.25) is 0 Å². The molecular weight excluding hydrogens is 631 g/mol. The number of nitrogens with zero attached hydrogens (tertiary/aromatic N) is 3. The quantitative estimate of drug-likeness (QED) is 0.177. The van der Waals surface area contributed by atoms with Gasteiger partial charge in [-0.05, 0) is 105 Å². The highest BCUT2D eigenvalue weighted by molar-refractivity contribution is 5.96. The molecule has 8 aromatic carbocycles. The molecule has 1 aliphatic rings. The van der Waals surface area contributed by atoms with Crippen LogP contribution in [0.15, 0.2) is 188 Å². The summed E-state index contributed by atoms with van der Waals surface area (Å²) in [5.74, 6) is 0.707. The average Bonchev–Trinajstić information content (AvgIpc) is 3.57. The molecule has 0 N–H and O–H groups in total. The van der Waals surface area contributed by atoms with Crippen LogP contribution < -0.4 is 4.90 Å². The van der Waals surface area contributed by atoms with Crippen molar-refractivity contribution in [3.8, 4) is 44.9 Å². The smallest absolute Gasteiger partial charge is 0.160 e. The summed E-state index contributed by atoms with van der Waals surface area (Å²) in [4.78, 5) is 12.7. The lowest BCUT2D eigenvalue weighted by atomic mass is 9.98. The van der Waals surface area contributed by atoms with Crippen LogP contribution in [0.4, 0.5) is 17.1 Å². The Kier molecular flexibility index (Phi) is 7.21. The molecule has 0 aliphatic heterocycles. The van der Waals surface area contributed by atoms with Crippen LogP contribution in [-0.4, -0.2) is 9.97 Å². The Bertz CT molecular complexity index is 2750. The fourth-order valence-corrected chi connectivity index (χ4v) is 7.71. The van der Waals surface area contributed by atoms with Crippen molar-refractivity contribution in [2.75, 3.05) is 4.90 Å². The first kappa shape index (κ1) is 30.0. The van der Waals surface area contributed by atoms with Gasteiger partial charge in [-0.25, -0.2) is 9.97 Å². The van der Waals surface area contributed by atoms with E-state index in [-0.39, 0.29) is 0 Å². The summed E-state index contributed by atoms with van der Waals surface area (Å²) >= 11 is 0. The third kappa shape index (κ3) is 5.31. The predicted octanol–water partition coefficient (Wildman–Crippen LogP) is 12.8. The highest BCUT2D eigenvalue weighted by Gasteiger charge is 2.21. The molecule has 1 aromatic heterocycles. The normalized spacial score (nSPS) is 11.8. The van der Waals surface area contributed by atoms with E-state index < -0.39 is 0 Å². The third-order valence-electron chi connectivity index (χ3n) is 10.2. The fourth-order valence-electron chi connectivity index (χ4n) is 7.71. The number of benzene rings is 8. The van der Waals surface area contributed by atoms with Gasteiger partial charge in [-0.2, -0.15) is 0 Å². The molecule has 1 aliphatic carbocycles. The molecule has 0 spiro atoms. The van der Waals surface area contributed by atoms with E-state index in [0.29, 0.717) is 5.82 Å². The molecule has 0 amide bonds. The van der Waals surface area contributed by atoms with E-state index in [1.54, 1.807) is 0 Å². The number of anilines is 3. The fraction of sp³-hybridized carbons (Fsp3) is 0.0204. The summed E-state index contributed by atoms with van der Waals surface area (Å²) in [6, 6.07) is 66.9. The minimum Gasteiger partial charge on any atom is -0.310 e. The maximum Gasteiger partial charge on any atom is 0.160 e. The summed E-state index contributed by atoms with van der Waals surface area (Å²) in [5.41, 5.74) is 14.9. The average molecular weight is 664 g/mol. The highest BCUT2D eigenvalue weighted by Crippen LogP contribution is 2.42. The minimum absolute atomic E-state index is 0.707. The Balaban J connectivity index is 1.06. The molecule has 0 fully saturated rings. The largest absolute Gasteiger partial charge is 0.310 e. The van der Waals surface area contributed by atoms with Crippen LogP contribution in [0.1, 0.15) is 11.1 Å². The first-order valence-corrected chi connectivity index (χ1v) is 17.8. The van der Waals surface area contributed by atoms with Gasteiger partial charge in [0.25, 0.3) is 0 Å². The van der Waals surface area contributed by atoms with Crippen LogP contribution in [0, 0.1) is 0 Å². The molecule has 52 heavy (non-hydrogen) atoms. The minimum atomic E-state index is 0.707. The van der Waals surface area contributed by atoms with Crippen LogP contribution in [0.3, 0.4) is 0 Å². The topological polar surface area (TPSA) is 29.0 Å². The monoisotopic (exact) mass is 663 g/mol. The number of fused-ring (bicyclic) bond motifs is 5. The second kappa shape index (κ2) is 12.5. The lowest BCUT2D eigenvalue weighted by molar-refractivity contribution is 1.22. The maximum absolute atomic E-state index is 5.32. The van der Waals surface area contributed by atoms with E-state index in [9.17, 15) is 0 Å². The molecular formula is C49H33N3. The zero-order chi connectivity index (χ0) is 34.4. The summed E-state index contributed by atoms with van der Waals surface area (Å²) in [6.07, 6.45) is 0.920. The van der Waals surface area contributed by atoms with Crippen molar-refractivity contribution in [1.29, 1.82) is 0 Å². The van der Waals surface area contributed by atoms with Gasteiger partial charge < -0.3 is 4.90 Å². The lowest BCUT2D eigenvalue weighted by Gasteiger charge is -2.26. The van der Waals surface area contributed by atoms with Crippen LogP contribution >= 0.6 is 0 Å². The first-order chi connectivity index (χ1) is 25.7. The SMILES string of the molecule is c1ccc(-c2ccc(N(c3ccccc3)c3cccc(-c4nc(-c5ccc6c(c5)Cc5cc7ccccc7cc5-6)c5ccccc5n4)c3)cc2)cc1. The molecule has 0 atom stereocenters. The van der Waals surface area contributed by atoms with Gasteiger partial charge in [0.1, 0.15) is 0 Å². The summed E-state index contributed by atoms with van der Waals surface area (Å²) in [6.45, 7) is 0. The predicted molar refractivity (Wildman–Crippen MR) is 216 cm³/mol. The van der Waals surface area contributed by atoms with Gasteiger partial charge in [-0.3, -0.25) is 0 Å². The Morgan fingerprint density at radius 2 is 1.00 bits per heavy atom. The van der Waals surface area contributed by atoms with Crippen LogP contribution in [0.2, 0.25) is 0 Å². The van der Waals surface area contributed by atoms with Gasteiger partial charge in [-0.1, -0.05) is 133 Å². The molecule has 0 unspecified atom stereocenters. The second-order valence-electron chi connectivity index (χ2n) is 13.5. The Morgan fingerprint density at radius 1 is 0.385 bits per heavy atom. The molecule has 3 nitrogen and oxygen atoms in total. The molecule has 1 heterocycles. The number of hydrogen-bond donors (Lipinski definition) is 0. The van der Waals surface area contributed by atoms with E-state index >= 15 is 0 Å².